The van der Waals surface area contributed by atoms with Gasteiger partial charge in [0.05, 0.1) is 23.1 Å². The highest BCUT2D eigenvalue weighted by atomic mass is 35.5. The van der Waals surface area contributed by atoms with E-state index in [-0.39, 0.29) is 34.4 Å². The molecule has 3 fully saturated rings. The van der Waals surface area contributed by atoms with Crippen LogP contribution >= 0.6 is 11.6 Å². The molecule has 10 heteroatoms. The van der Waals surface area contributed by atoms with E-state index in [1.807, 2.05) is 0 Å². The standard InChI is InChI=1S/C20H24ClF2N5O2/c1-27(14-6-13(14)22)18-12-8-24-17(21)15(23)16(12)25-19(26-18)30-10-20-4-3-5-28(20)9-11(7-20)29-2/h8,11,13-14H,3-7,9-10H2,1-2H3/t11-,13+,14+,20+/m1/s1. The molecular weight excluding hydrogens is 416 g/mol. The van der Waals surface area contributed by atoms with Gasteiger partial charge in [-0.2, -0.15) is 9.97 Å². The van der Waals surface area contributed by atoms with Gasteiger partial charge < -0.3 is 14.4 Å². The third-order valence-electron chi connectivity index (χ3n) is 6.69. The first-order valence-corrected chi connectivity index (χ1v) is 10.6. The summed E-state index contributed by atoms with van der Waals surface area (Å²) >= 11 is 5.87. The van der Waals surface area contributed by atoms with E-state index in [1.165, 1.54) is 6.20 Å². The summed E-state index contributed by atoms with van der Waals surface area (Å²) in [4.78, 5) is 16.8. The number of pyridine rings is 1. The Morgan fingerprint density at radius 3 is 2.93 bits per heavy atom. The minimum Gasteiger partial charge on any atom is -0.461 e. The third-order valence-corrected chi connectivity index (χ3v) is 6.95. The van der Waals surface area contributed by atoms with Crippen LogP contribution in [0.1, 0.15) is 25.7 Å². The molecule has 0 spiro atoms. The van der Waals surface area contributed by atoms with Crippen molar-refractivity contribution in [3.8, 4) is 6.01 Å². The first-order valence-electron chi connectivity index (χ1n) is 10.2. The Hall–Kier alpha value is -1.84. The summed E-state index contributed by atoms with van der Waals surface area (Å²) in [6, 6.07) is -0.237. The van der Waals surface area contributed by atoms with Crippen LogP contribution in [-0.4, -0.2) is 77.6 Å². The number of nitrogens with zero attached hydrogens (tertiary/aromatic N) is 5. The van der Waals surface area contributed by atoms with Gasteiger partial charge in [-0.05, 0) is 25.8 Å². The van der Waals surface area contributed by atoms with Crippen molar-refractivity contribution in [2.75, 3.05) is 38.8 Å². The molecule has 4 atom stereocenters. The summed E-state index contributed by atoms with van der Waals surface area (Å²) in [5.41, 5.74) is -0.0973. The number of alkyl halides is 1. The van der Waals surface area contributed by atoms with Crippen LogP contribution in [0.3, 0.4) is 0 Å². The zero-order valence-corrected chi connectivity index (χ0v) is 17.7. The number of halogens is 3. The molecule has 2 saturated heterocycles. The highest BCUT2D eigenvalue weighted by Gasteiger charge is 2.49. The van der Waals surface area contributed by atoms with Crippen LogP contribution in [0.2, 0.25) is 5.15 Å². The van der Waals surface area contributed by atoms with Crippen molar-refractivity contribution in [1.29, 1.82) is 0 Å². The fourth-order valence-electron chi connectivity index (χ4n) is 4.87. The maximum absolute atomic E-state index is 14.7. The van der Waals surface area contributed by atoms with Gasteiger partial charge in [-0.1, -0.05) is 11.6 Å². The Morgan fingerprint density at radius 2 is 2.20 bits per heavy atom. The lowest BCUT2D eigenvalue weighted by Gasteiger charge is -2.31. The Labute approximate surface area is 178 Å². The summed E-state index contributed by atoms with van der Waals surface area (Å²) in [5.74, 6) is -0.338. The zero-order chi connectivity index (χ0) is 21.0. The first kappa shape index (κ1) is 20.1. The van der Waals surface area contributed by atoms with Crippen LogP contribution in [0, 0.1) is 5.82 Å². The number of anilines is 1. The van der Waals surface area contributed by atoms with E-state index in [1.54, 1.807) is 19.1 Å². The number of ether oxygens (including phenoxy) is 2. The van der Waals surface area contributed by atoms with Gasteiger partial charge in [0.25, 0.3) is 0 Å². The SMILES string of the molecule is CO[C@H]1CN2CCC[C@@]2(COc2nc(N(C)[C@H]3C[C@@H]3F)c3cnc(Cl)c(F)c3n2)C1. The number of rotatable bonds is 6. The molecule has 5 rings (SSSR count). The topological polar surface area (TPSA) is 63.6 Å². The minimum absolute atomic E-state index is 0.0277. The van der Waals surface area contributed by atoms with Crippen LogP contribution in [-0.2, 0) is 4.74 Å². The molecule has 3 aliphatic rings. The monoisotopic (exact) mass is 439 g/mol. The molecule has 4 heterocycles. The Morgan fingerprint density at radius 1 is 1.40 bits per heavy atom. The third kappa shape index (κ3) is 3.27. The van der Waals surface area contributed by atoms with Gasteiger partial charge in [0.2, 0.25) is 0 Å². The smallest absolute Gasteiger partial charge is 0.319 e. The molecule has 0 aromatic carbocycles. The van der Waals surface area contributed by atoms with E-state index in [0.717, 1.165) is 32.4 Å². The fraction of sp³-hybridized carbons (Fsp3) is 0.650. The van der Waals surface area contributed by atoms with Gasteiger partial charge in [0, 0.05) is 33.3 Å². The number of hydrogen-bond donors (Lipinski definition) is 0. The number of aromatic nitrogens is 3. The van der Waals surface area contributed by atoms with Gasteiger partial charge in [-0.25, -0.2) is 13.8 Å². The van der Waals surface area contributed by atoms with E-state index < -0.39 is 12.0 Å². The van der Waals surface area contributed by atoms with Crippen molar-refractivity contribution in [3.63, 3.8) is 0 Å². The highest BCUT2D eigenvalue weighted by Crippen LogP contribution is 2.41. The van der Waals surface area contributed by atoms with E-state index in [9.17, 15) is 8.78 Å². The van der Waals surface area contributed by atoms with Crippen molar-refractivity contribution in [3.05, 3.63) is 17.2 Å². The van der Waals surface area contributed by atoms with E-state index in [4.69, 9.17) is 21.1 Å². The summed E-state index contributed by atoms with van der Waals surface area (Å²) in [6.45, 7) is 2.27. The van der Waals surface area contributed by atoms with Gasteiger partial charge >= 0.3 is 6.01 Å². The number of methoxy groups -OCH3 is 1. The molecule has 2 aromatic heterocycles. The van der Waals surface area contributed by atoms with Crippen molar-refractivity contribution < 1.29 is 18.3 Å². The molecule has 0 N–H and O–H groups in total. The van der Waals surface area contributed by atoms with Crippen molar-refractivity contribution >= 4 is 28.3 Å². The molecule has 0 unspecified atom stereocenters. The van der Waals surface area contributed by atoms with E-state index in [2.05, 4.69) is 19.9 Å². The van der Waals surface area contributed by atoms with Gasteiger partial charge in [0.15, 0.2) is 11.0 Å². The van der Waals surface area contributed by atoms with Gasteiger partial charge in [-0.15, -0.1) is 0 Å². The minimum atomic E-state index is -0.926. The van der Waals surface area contributed by atoms with Crippen molar-refractivity contribution in [1.82, 2.24) is 19.9 Å². The van der Waals surface area contributed by atoms with Crippen LogP contribution in [0.25, 0.3) is 10.9 Å². The second-order valence-corrected chi connectivity index (χ2v) is 8.87. The lowest BCUT2D eigenvalue weighted by Crippen LogP contribution is -2.43. The van der Waals surface area contributed by atoms with Gasteiger partial charge in [-0.3, -0.25) is 4.90 Å². The molecule has 1 saturated carbocycles. The molecule has 1 aliphatic carbocycles. The normalized spacial score (nSPS) is 30.6. The average molecular weight is 440 g/mol. The van der Waals surface area contributed by atoms with Crippen LogP contribution in [0.4, 0.5) is 14.6 Å². The summed E-state index contributed by atoms with van der Waals surface area (Å²) in [7, 11) is 3.46. The maximum Gasteiger partial charge on any atom is 0.319 e. The highest BCUT2D eigenvalue weighted by molar-refractivity contribution is 6.30. The second kappa shape index (κ2) is 7.39. The predicted octanol–water partition coefficient (Wildman–Crippen LogP) is 3.00. The van der Waals surface area contributed by atoms with Crippen molar-refractivity contribution in [2.45, 2.75) is 49.5 Å². The van der Waals surface area contributed by atoms with Crippen LogP contribution in [0.15, 0.2) is 6.20 Å². The molecular formula is C20H24ClF2N5O2. The fourth-order valence-corrected chi connectivity index (χ4v) is 5.00. The second-order valence-electron chi connectivity index (χ2n) is 8.51. The average Bonchev–Trinajstić information content (AvgIpc) is 3.18. The largest absolute Gasteiger partial charge is 0.461 e. The van der Waals surface area contributed by atoms with Crippen molar-refractivity contribution in [2.24, 2.45) is 0 Å². The van der Waals surface area contributed by atoms with Crippen LogP contribution < -0.4 is 9.64 Å². The molecule has 2 aromatic rings. The molecule has 30 heavy (non-hydrogen) atoms. The molecule has 0 bridgehead atoms. The lowest BCUT2D eigenvalue weighted by molar-refractivity contribution is 0.0997. The summed E-state index contributed by atoms with van der Waals surface area (Å²) in [5, 5.41) is 0.113. The Bertz CT molecular complexity index is 982. The van der Waals surface area contributed by atoms with E-state index in [0.29, 0.717) is 24.2 Å². The molecule has 2 aliphatic heterocycles. The number of fused-ring (bicyclic) bond motifs is 2. The Balaban J connectivity index is 1.48. The van der Waals surface area contributed by atoms with E-state index >= 15 is 0 Å². The zero-order valence-electron chi connectivity index (χ0n) is 16.9. The Kier molecular flexibility index (Phi) is 4.95. The first-order chi connectivity index (χ1) is 14.4. The van der Waals surface area contributed by atoms with Gasteiger partial charge in [0.1, 0.15) is 24.1 Å². The summed E-state index contributed by atoms with van der Waals surface area (Å²) < 4.78 is 40.0. The number of hydrogen-bond acceptors (Lipinski definition) is 7. The quantitative estimate of drug-likeness (QED) is 0.641. The summed E-state index contributed by atoms with van der Waals surface area (Å²) in [6.07, 6.45) is 4.06. The predicted molar refractivity (Wildman–Crippen MR) is 108 cm³/mol. The van der Waals surface area contributed by atoms with Crippen LogP contribution in [0.5, 0.6) is 6.01 Å². The lowest BCUT2D eigenvalue weighted by atomic mass is 9.94. The molecule has 7 nitrogen and oxygen atoms in total. The molecule has 162 valence electrons. The maximum atomic E-state index is 14.7. The molecule has 0 radical (unpaired) electrons. The molecule has 0 amide bonds.